The van der Waals surface area contributed by atoms with E-state index in [9.17, 15) is 0 Å². The maximum atomic E-state index is 5.64. The van der Waals surface area contributed by atoms with Gasteiger partial charge in [0.2, 0.25) is 0 Å². The summed E-state index contributed by atoms with van der Waals surface area (Å²) in [5, 5.41) is 6.52. The van der Waals surface area contributed by atoms with Crippen molar-refractivity contribution in [2.45, 2.75) is 33.7 Å². The van der Waals surface area contributed by atoms with Crippen molar-refractivity contribution in [2.24, 2.45) is 10.9 Å². The number of methoxy groups -OCH3 is 3. The number of benzene rings is 1. The van der Waals surface area contributed by atoms with E-state index in [1.807, 2.05) is 19.1 Å². The SMILES string of the molecule is CCNC(=NCc1c(OC)cc(OC)cc1OC)NCCOCCC(C)C.I. The molecule has 7 nitrogen and oxygen atoms in total. The molecule has 0 aliphatic carbocycles. The van der Waals surface area contributed by atoms with Crippen LogP contribution in [0.4, 0.5) is 0 Å². The molecule has 0 atom stereocenters. The minimum atomic E-state index is 0. The first kappa shape index (κ1) is 26.6. The summed E-state index contributed by atoms with van der Waals surface area (Å²) in [5.74, 6) is 3.43. The molecule has 0 aromatic heterocycles. The molecule has 162 valence electrons. The molecule has 1 rings (SSSR count). The van der Waals surface area contributed by atoms with Gasteiger partial charge in [-0.1, -0.05) is 13.8 Å². The predicted octanol–water partition coefficient (Wildman–Crippen LogP) is 3.45. The summed E-state index contributed by atoms with van der Waals surface area (Å²) in [6.07, 6.45) is 1.07. The molecule has 0 saturated carbocycles. The molecule has 0 fully saturated rings. The zero-order valence-electron chi connectivity index (χ0n) is 18.0. The van der Waals surface area contributed by atoms with Crippen molar-refractivity contribution in [2.75, 3.05) is 47.6 Å². The third kappa shape index (κ3) is 9.68. The summed E-state index contributed by atoms with van der Waals surface area (Å²) in [7, 11) is 4.86. The van der Waals surface area contributed by atoms with Gasteiger partial charge < -0.3 is 29.6 Å². The molecule has 0 spiro atoms. The van der Waals surface area contributed by atoms with Crippen LogP contribution < -0.4 is 24.8 Å². The third-order valence-corrected chi connectivity index (χ3v) is 3.93. The second-order valence-corrected chi connectivity index (χ2v) is 6.43. The highest BCUT2D eigenvalue weighted by Gasteiger charge is 2.13. The van der Waals surface area contributed by atoms with Crippen LogP contribution >= 0.6 is 24.0 Å². The highest BCUT2D eigenvalue weighted by molar-refractivity contribution is 14.0. The van der Waals surface area contributed by atoms with Gasteiger partial charge in [0.25, 0.3) is 0 Å². The zero-order valence-corrected chi connectivity index (χ0v) is 20.3. The van der Waals surface area contributed by atoms with E-state index in [0.29, 0.717) is 42.9 Å². The van der Waals surface area contributed by atoms with E-state index in [1.165, 1.54) is 0 Å². The van der Waals surface area contributed by atoms with Gasteiger partial charge in [0.1, 0.15) is 17.2 Å². The van der Waals surface area contributed by atoms with Crippen molar-refractivity contribution in [3.63, 3.8) is 0 Å². The molecule has 0 radical (unpaired) electrons. The second kappa shape index (κ2) is 15.5. The molecule has 0 bridgehead atoms. The topological polar surface area (TPSA) is 73.3 Å². The van der Waals surface area contributed by atoms with Crippen molar-refractivity contribution in [3.05, 3.63) is 17.7 Å². The van der Waals surface area contributed by atoms with Crippen LogP contribution in [0.2, 0.25) is 0 Å². The van der Waals surface area contributed by atoms with Crippen LogP contribution in [0.3, 0.4) is 0 Å². The summed E-state index contributed by atoms with van der Waals surface area (Å²) in [6, 6.07) is 3.66. The molecule has 1 aromatic rings. The summed E-state index contributed by atoms with van der Waals surface area (Å²) < 4.78 is 21.9. The van der Waals surface area contributed by atoms with Gasteiger partial charge in [0.15, 0.2) is 5.96 Å². The van der Waals surface area contributed by atoms with Crippen molar-refractivity contribution in [1.29, 1.82) is 0 Å². The number of hydrogen-bond donors (Lipinski definition) is 2. The Balaban J connectivity index is 0.00000729. The number of rotatable bonds is 12. The molecule has 1 aromatic carbocycles. The summed E-state index contributed by atoms with van der Waals surface area (Å²) in [5.41, 5.74) is 0.867. The number of aliphatic imine (C=N–C) groups is 1. The van der Waals surface area contributed by atoms with Gasteiger partial charge in [-0.15, -0.1) is 24.0 Å². The summed E-state index contributed by atoms with van der Waals surface area (Å²) in [6.45, 7) is 9.74. The van der Waals surface area contributed by atoms with Crippen LogP contribution in [0.5, 0.6) is 17.2 Å². The van der Waals surface area contributed by atoms with Gasteiger partial charge in [0.05, 0.1) is 40.0 Å². The Labute approximate surface area is 186 Å². The van der Waals surface area contributed by atoms with Crippen molar-refractivity contribution >= 4 is 29.9 Å². The molecule has 28 heavy (non-hydrogen) atoms. The first-order valence-electron chi connectivity index (χ1n) is 9.44. The first-order chi connectivity index (χ1) is 13.0. The quantitative estimate of drug-likeness (QED) is 0.195. The largest absolute Gasteiger partial charge is 0.496 e. The standard InChI is InChI=1S/C20H35N3O4.HI/c1-7-21-20(22-9-11-27-10-8-15(2)3)23-14-17-18(25-5)12-16(24-4)13-19(17)26-6;/h12-13,15H,7-11,14H2,1-6H3,(H2,21,22,23);1H. The number of hydrogen-bond acceptors (Lipinski definition) is 5. The number of nitrogens with one attached hydrogen (secondary N) is 2. The van der Waals surface area contributed by atoms with Gasteiger partial charge in [-0.2, -0.15) is 0 Å². The normalized spacial score (nSPS) is 11.0. The zero-order chi connectivity index (χ0) is 20.1. The molecular weight excluding hydrogens is 473 g/mol. The lowest BCUT2D eigenvalue weighted by Crippen LogP contribution is -2.39. The van der Waals surface area contributed by atoms with E-state index >= 15 is 0 Å². The monoisotopic (exact) mass is 509 g/mol. The van der Waals surface area contributed by atoms with E-state index in [0.717, 1.165) is 31.1 Å². The van der Waals surface area contributed by atoms with E-state index in [4.69, 9.17) is 18.9 Å². The molecular formula is C20H36IN3O4. The minimum Gasteiger partial charge on any atom is -0.496 e. The van der Waals surface area contributed by atoms with Gasteiger partial charge in [-0.25, -0.2) is 4.99 Å². The summed E-state index contributed by atoms with van der Waals surface area (Å²) in [4.78, 5) is 4.64. The Morgan fingerprint density at radius 3 is 2.14 bits per heavy atom. The van der Waals surface area contributed by atoms with Crippen LogP contribution in [-0.2, 0) is 11.3 Å². The Bertz CT molecular complexity index is 558. The predicted molar refractivity (Wildman–Crippen MR) is 125 cm³/mol. The smallest absolute Gasteiger partial charge is 0.191 e. The Hall–Kier alpha value is -1.42. The number of guanidine groups is 1. The Kier molecular flexibility index (Phi) is 14.7. The first-order valence-corrected chi connectivity index (χ1v) is 9.44. The highest BCUT2D eigenvalue weighted by atomic mass is 127. The fourth-order valence-electron chi connectivity index (χ4n) is 2.40. The Morgan fingerprint density at radius 1 is 1.00 bits per heavy atom. The Morgan fingerprint density at radius 2 is 1.64 bits per heavy atom. The molecule has 8 heteroatoms. The number of ether oxygens (including phenoxy) is 4. The lowest BCUT2D eigenvalue weighted by atomic mass is 10.1. The van der Waals surface area contributed by atoms with Gasteiger partial charge in [-0.05, 0) is 19.3 Å². The molecule has 0 saturated heterocycles. The lowest BCUT2D eigenvalue weighted by molar-refractivity contribution is 0.128. The van der Waals surface area contributed by atoms with Gasteiger partial charge in [-0.3, -0.25) is 0 Å². The molecule has 0 unspecified atom stereocenters. The van der Waals surface area contributed by atoms with Crippen molar-refractivity contribution in [1.82, 2.24) is 10.6 Å². The fraction of sp³-hybridized carbons (Fsp3) is 0.650. The molecule has 2 N–H and O–H groups in total. The maximum absolute atomic E-state index is 5.64. The maximum Gasteiger partial charge on any atom is 0.191 e. The lowest BCUT2D eigenvalue weighted by Gasteiger charge is -2.15. The fourth-order valence-corrected chi connectivity index (χ4v) is 2.40. The van der Waals surface area contributed by atoms with Gasteiger partial charge in [0, 0.05) is 31.8 Å². The average Bonchev–Trinajstić information content (AvgIpc) is 2.67. The number of halogens is 1. The second-order valence-electron chi connectivity index (χ2n) is 6.43. The van der Waals surface area contributed by atoms with E-state index in [2.05, 4.69) is 29.5 Å². The summed E-state index contributed by atoms with van der Waals surface area (Å²) >= 11 is 0. The van der Waals surface area contributed by atoms with Gasteiger partial charge >= 0.3 is 0 Å². The van der Waals surface area contributed by atoms with Crippen LogP contribution in [0.1, 0.15) is 32.8 Å². The average molecular weight is 509 g/mol. The molecule has 0 heterocycles. The highest BCUT2D eigenvalue weighted by Crippen LogP contribution is 2.34. The van der Waals surface area contributed by atoms with Crippen molar-refractivity contribution < 1.29 is 18.9 Å². The van der Waals surface area contributed by atoms with E-state index in [1.54, 1.807) is 21.3 Å². The van der Waals surface area contributed by atoms with Crippen LogP contribution in [-0.4, -0.2) is 53.6 Å². The minimum absolute atomic E-state index is 0. The van der Waals surface area contributed by atoms with Crippen LogP contribution in [0.25, 0.3) is 0 Å². The van der Waals surface area contributed by atoms with E-state index in [-0.39, 0.29) is 24.0 Å². The third-order valence-electron chi connectivity index (χ3n) is 3.93. The van der Waals surface area contributed by atoms with E-state index < -0.39 is 0 Å². The molecule has 0 aliphatic rings. The molecule has 0 aliphatic heterocycles. The molecule has 0 amide bonds. The van der Waals surface area contributed by atoms with Crippen LogP contribution in [0.15, 0.2) is 17.1 Å². The van der Waals surface area contributed by atoms with Crippen LogP contribution in [0, 0.1) is 5.92 Å². The van der Waals surface area contributed by atoms with Crippen molar-refractivity contribution in [3.8, 4) is 17.2 Å². The number of nitrogens with zero attached hydrogens (tertiary/aromatic N) is 1.